The summed E-state index contributed by atoms with van der Waals surface area (Å²) in [6, 6.07) is 10.2. The van der Waals surface area contributed by atoms with Gasteiger partial charge in [0.25, 0.3) is 0 Å². The molecular weight excluding hydrogens is 297 g/mol. The van der Waals surface area contributed by atoms with Gasteiger partial charge in [-0.25, -0.2) is 0 Å². The molecule has 0 saturated heterocycles. The summed E-state index contributed by atoms with van der Waals surface area (Å²) in [7, 11) is 0. The molecule has 0 unspecified atom stereocenters. The van der Waals surface area contributed by atoms with Gasteiger partial charge in [-0.1, -0.05) is 29.3 Å². The van der Waals surface area contributed by atoms with Gasteiger partial charge in [0.1, 0.15) is 0 Å². The maximum atomic E-state index is 10.0. The van der Waals surface area contributed by atoms with E-state index in [9.17, 15) is 5.11 Å². The highest BCUT2D eigenvalue weighted by atomic mass is 35.5. The quantitative estimate of drug-likeness (QED) is 0.820. The van der Waals surface area contributed by atoms with Crippen LogP contribution in [0, 0.1) is 0 Å². The van der Waals surface area contributed by atoms with E-state index in [1.807, 2.05) is 6.92 Å². The van der Waals surface area contributed by atoms with E-state index in [1.165, 1.54) is 0 Å². The highest BCUT2D eigenvalue weighted by Gasteiger charge is 2.05. The molecule has 0 bridgehead atoms. The van der Waals surface area contributed by atoms with E-state index in [0.717, 1.165) is 0 Å². The van der Waals surface area contributed by atoms with Gasteiger partial charge in [-0.3, -0.25) is 4.99 Å². The van der Waals surface area contributed by atoms with Crippen LogP contribution in [-0.2, 0) is 0 Å². The van der Waals surface area contributed by atoms with Crippen molar-refractivity contribution in [2.24, 2.45) is 4.99 Å². The molecule has 0 atom stereocenters. The van der Waals surface area contributed by atoms with Gasteiger partial charge in [0, 0.05) is 21.8 Å². The molecule has 0 radical (unpaired) electrons. The molecular formula is C15H13Cl2NO2. The molecule has 5 heteroatoms. The second kappa shape index (κ2) is 6.64. The number of aromatic hydroxyl groups is 1. The monoisotopic (exact) mass is 309 g/mol. The third-order valence-corrected chi connectivity index (χ3v) is 2.97. The van der Waals surface area contributed by atoms with Gasteiger partial charge < -0.3 is 9.84 Å². The number of hydrogen-bond acceptors (Lipinski definition) is 3. The standard InChI is InChI=1S/C15H13Cl2NO2/c1-2-20-14-5-3-4-10(15(14)19)9-18-13-7-11(16)6-12(17)8-13/h3-9,19H,2H2,1H3. The number of rotatable bonds is 4. The third kappa shape index (κ3) is 3.65. The summed E-state index contributed by atoms with van der Waals surface area (Å²) in [5, 5.41) is 11.1. The molecule has 2 aromatic rings. The average molecular weight is 310 g/mol. The van der Waals surface area contributed by atoms with Crippen molar-refractivity contribution in [2.75, 3.05) is 6.61 Å². The van der Waals surface area contributed by atoms with E-state index < -0.39 is 0 Å². The number of ether oxygens (including phenoxy) is 1. The number of halogens is 2. The van der Waals surface area contributed by atoms with Crippen LogP contribution in [0.3, 0.4) is 0 Å². The lowest BCUT2D eigenvalue weighted by Gasteiger charge is -2.07. The van der Waals surface area contributed by atoms with Gasteiger partial charge in [0.2, 0.25) is 0 Å². The summed E-state index contributed by atoms with van der Waals surface area (Å²) in [5.74, 6) is 0.492. The van der Waals surface area contributed by atoms with Crippen molar-refractivity contribution >= 4 is 35.1 Å². The van der Waals surface area contributed by atoms with Crippen LogP contribution < -0.4 is 4.74 Å². The summed E-state index contributed by atoms with van der Waals surface area (Å²) in [5.41, 5.74) is 1.18. The Morgan fingerprint density at radius 3 is 2.55 bits per heavy atom. The molecule has 20 heavy (non-hydrogen) atoms. The molecule has 2 aromatic carbocycles. The molecule has 0 heterocycles. The number of hydrogen-bond donors (Lipinski definition) is 1. The Kier molecular flexibility index (Phi) is 4.88. The molecule has 0 spiro atoms. The maximum Gasteiger partial charge on any atom is 0.166 e. The first-order chi connectivity index (χ1) is 9.60. The highest BCUT2D eigenvalue weighted by Crippen LogP contribution is 2.29. The summed E-state index contributed by atoms with van der Waals surface area (Å²) >= 11 is 11.8. The van der Waals surface area contributed by atoms with Crippen molar-refractivity contribution in [3.8, 4) is 11.5 Å². The molecule has 0 aliphatic heterocycles. The summed E-state index contributed by atoms with van der Waals surface area (Å²) in [6.07, 6.45) is 1.54. The zero-order valence-corrected chi connectivity index (χ0v) is 12.3. The fraction of sp³-hybridized carbons (Fsp3) is 0.133. The molecule has 0 saturated carbocycles. The number of para-hydroxylation sites is 1. The summed E-state index contributed by atoms with van der Waals surface area (Å²) in [6.45, 7) is 2.34. The van der Waals surface area contributed by atoms with Gasteiger partial charge in [-0.15, -0.1) is 0 Å². The maximum absolute atomic E-state index is 10.0. The highest BCUT2D eigenvalue weighted by molar-refractivity contribution is 6.35. The zero-order valence-electron chi connectivity index (χ0n) is 10.8. The SMILES string of the molecule is CCOc1cccc(C=Nc2cc(Cl)cc(Cl)c2)c1O. The van der Waals surface area contributed by atoms with Crippen LogP contribution in [0.5, 0.6) is 11.5 Å². The lowest BCUT2D eigenvalue weighted by molar-refractivity contribution is 0.318. The Hall–Kier alpha value is -1.71. The average Bonchev–Trinajstić information content (AvgIpc) is 2.39. The number of phenols is 1. The minimum atomic E-state index is 0.0613. The van der Waals surface area contributed by atoms with E-state index in [-0.39, 0.29) is 5.75 Å². The van der Waals surface area contributed by atoms with E-state index in [4.69, 9.17) is 27.9 Å². The Morgan fingerprint density at radius 2 is 1.90 bits per heavy atom. The molecule has 3 nitrogen and oxygen atoms in total. The minimum Gasteiger partial charge on any atom is -0.504 e. The Labute approximate surface area is 127 Å². The van der Waals surface area contributed by atoms with Crippen molar-refractivity contribution < 1.29 is 9.84 Å². The van der Waals surface area contributed by atoms with E-state index in [1.54, 1.807) is 42.6 Å². The van der Waals surface area contributed by atoms with Gasteiger partial charge in [0.05, 0.1) is 12.3 Å². The van der Waals surface area contributed by atoms with Gasteiger partial charge >= 0.3 is 0 Å². The lowest BCUT2D eigenvalue weighted by Crippen LogP contribution is -1.93. The topological polar surface area (TPSA) is 41.8 Å². The normalized spacial score (nSPS) is 10.9. The Balaban J connectivity index is 2.29. The molecule has 0 aliphatic carbocycles. The molecule has 2 rings (SSSR count). The number of nitrogens with zero attached hydrogens (tertiary/aromatic N) is 1. The van der Waals surface area contributed by atoms with Crippen LogP contribution in [0.15, 0.2) is 41.4 Å². The van der Waals surface area contributed by atoms with E-state index in [2.05, 4.69) is 4.99 Å². The first-order valence-corrected chi connectivity index (χ1v) is 6.80. The number of benzene rings is 2. The van der Waals surface area contributed by atoms with Gasteiger partial charge in [-0.2, -0.15) is 0 Å². The second-order valence-electron chi connectivity index (χ2n) is 4.01. The summed E-state index contributed by atoms with van der Waals surface area (Å²) < 4.78 is 5.31. The molecule has 0 amide bonds. The van der Waals surface area contributed by atoms with Crippen molar-refractivity contribution in [3.05, 3.63) is 52.0 Å². The molecule has 104 valence electrons. The largest absolute Gasteiger partial charge is 0.504 e. The number of aliphatic imine (C=N–C) groups is 1. The van der Waals surface area contributed by atoms with Gasteiger partial charge in [-0.05, 0) is 37.3 Å². The zero-order chi connectivity index (χ0) is 14.5. The van der Waals surface area contributed by atoms with Crippen LogP contribution in [0.4, 0.5) is 5.69 Å². The number of phenolic OH excluding ortho intramolecular Hbond substituents is 1. The minimum absolute atomic E-state index is 0.0613. The molecule has 0 fully saturated rings. The predicted molar refractivity (Wildman–Crippen MR) is 83.0 cm³/mol. The Bertz CT molecular complexity index is 622. The van der Waals surface area contributed by atoms with Crippen LogP contribution in [-0.4, -0.2) is 17.9 Å². The first-order valence-electron chi connectivity index (χ1n) is 6.05. The fourth-order valence-corrected chi connectivity index (χ4v) is 2.19. The van der Waals surface area contributed by atoms with Crippen LogP contribution in [0.25, 0.3) is 0 Å². The molecule has 1 N–H and O–H groups in total. The second-order valence-corrected chi connectivity index (χ2v) is 4.89. The van der Waals surface area contributed by atoms with Gasteiger partial charge in [0.15, 0.2) is 11.5 Å². The lowest BCUT2D eigenvalue weighted by atomic mass is 10.2. The third-order valence-electron chi connectivity index (χ3n) is 2.53. The molecule has 0 aliphatic rings. The molecule has 0 aromatic heterocycles. The van der Waals surface area contributed by atoms with E-state index in [0.29, 0.717) is 33.7 Å². The van der Waals surface area contributed by atoms with Crippen molar-refractivity contribution in [1.29, 1.82) is 0 Å². The van der Waals surface area contributed by atoms with Crippen LogP contribution in [0.2, 0.25) is 10.0 Å². The smallest absolute Gasteiger partial charge is 0.166 e. The van der Waals surface area contributed by atoms with Crippen LogP contribution in [0.1, 0.15) is 12.5 Å². The van der Waals surface area contributed by atoms with Crippen LogP contribution >= 0.6 is 23.2 Å². The van der Waals surface area contributed by atoms with Crippen molar-refractivity contribution in [2.45, 2.75) is 6.92 Å². The fourth-order valence-electron chi connectivity index (χ4n) is 1.67. The Morgan fingerprint density at radius 1 is 1.20 bits per heavy atom. The van der Waals surface area contributed by atoms with Crippen molar-refractivity contribution in [1.82, 2.24) is 0 Å². The predicted octanol–water partition coefficient (Wildman–Crippen LogP) is 4.85. The first kappa shape index (κ1) is 14.7. The summed E-state index contributed by atoms with van der Waals surface area (Å²) in [4.78, 5) is 4.25. The van der Waals surface area contributed by atoms with Crippen molar-refractivity contribution in [3.63, 3.8) is 0 Å². The van der Waals surface area contributed by atoms with E-state index >= 15 is 0 Å².